The van der Waals surface area contributed by atoms with Gasteiger partial charge in [-0.3, -0.25) is 4.79 Å². The van der Waals surface area contributed by atoms with E-state index < -0.39 is 10.0 Å². The maximum absolute atomic E-state index is 12.9. The fourth-order valence-electron chi connectivity index (χ4n) is 3.68. The van der Waals surface area contributed by atoms with Crippen LogP contribution in [-0.4, -0.2) is 51.5 Å². The standard InChI is InChI=1S/C24H32N2O5S/c1-17-5-6-22(15-18(17)2)31-16-19(3)25-24(27)20-11-13-26(14-12-20)32(28,29)23-9-7-21(30-4)8-10-23/h5-10,15,19-20H,11-14,16H2,1-4H3,(H,25,27). The topological polar surface area (TPSA) is 84.9 Å². The van der Waals surface area contributed by atoms with E-state index in [0.29, 0.717) is 38.3 Å². The second-order valence-electron chi connectivity index (χ2n) is 8.32. The lowest BCUT2D eigenvalue weighted by molar-refractivity contribution is -0.126. The molecule has 2 aromatic rings. The maximum atomic E-state index is 12.9. The summed E-state index contributed by atoms with van der Waals surface area (Å²) in [5.41, 5.74) is 2.37. The summed E-state index contributed by atoms with van der Waals surface area (Å²) < 4.78 is 38.1. The molecule has 2 aromatic carbocycles. The largest absolute Gasteiger partial charge is 0.497 e. The predicted octanol–water partition coefficient (Wildman–Crippen LogP) is 3.30. The fraction of sp³-hybridized carbons (Fsp3) is 0.458. The number of ether oxygens (including phenoxy) is 2. The van der Waals surface area contributed by atoms with Crippen LogP contribution >= 0.6 is 0 Å². The molecule has 0 aromatic heterocycles. The van der Waals surface area contributed by atoms with Crippen molar-refractivity contribution in [1.29, 1.82) is 0 Å². The van der Waals surface area contributed by atoms with Crippen molar-refractivity contribution in [1.82, 2.24) is 9.62 Å². The van der Waals surface area contributed by atoms with Gasteiger partial charge in [-0.25, -0.2) is 8.42 Å². The van der Waals surface area contributed by atoms with Gasteiger partial charge in [0.05, 0.1) is 18.0 Å². The molecule has 1 saturated heterocycles. The molecule has 1 aliphatic rings. The highest BCUT2D eigenvalue weighted by Crippen LogP contribution is 2.25. The van der Waals surface area contributed by atoms with E-state index >= 15 is 0 Å². The van der Waals surface area contributed by atoms with E-state index in [4.69, 9.17) is 9.47 Å². The molecule has 8 heteroatoms. The van der Waals surface area contributed by atoms with Gasteiger partial charge in [-0.2, -0.15) is 4.31 Å². The zero-order valence-electron chi connectivity index (χ0n) is 19.1. The molecule has 7 nitrogen and oxygen atoms in total. The molecule has 174 valence electrons. The molecule has 0 bridgehead atoms. The van der Waals surface area contributed by atoms with Crippen LogP contribution in [0.25, 0.3) is 0 Å². The molecule has 1 unspecified atom stereocenters. The van der Waals surface area contributed by atoms with Gasteiger partial charge in [0.15, 0.2) is 0 Å². The number of benzene rings is 2. The summed E-state index contributed by atoms with van der Waals surface area (Å²) in [4.78, 5) is 12.9. The molecule has 1 aliphatic heterocycles. The first kappa shape index (κ1) is 24.1. The highest BCUT2D eigenvalue weighted by molar-refractivity contribution is 7.89. The number of rotatable bonds is 8. The summed E-state index contributed by atoms with van der Waals surface area (Å²) in [5.74, 6) is 1.13. The maximum Gasteiger partial charge on any atom is 0.243 e. The monoisotopic (exact) mass is 460 g/mol. The molecule has 0 radical (unpaired) electrons. The van der Waals surface area contributed by atoms with Crippen LogP contribution in [-0.2, 0) is 14.8 Å². The van der Waals surface area contributed by atoms with Gasteiger partial charge in [-0.1, -0.05) is 6.07 Å². The molecule has 1 atom stereocenters. The molecule has 1 heterocycles. The van der Waals surface area contributed by atoms with Crippen molar-refractivity contribution in [3.8, 4) is 11.5 Å². The minimum atomic E-state index is -3.58. The number of carbonyl (C=O) groups is 1. The van der Waals surface area contributed by atoms with Gasteiger partial charge in [0.2, 0.25) is 15.9 Å². The zero-order valence-corrected chi connectivity index (χ0v) is 19.9. The zero-order chi connectivity index (χ0) is 23.3. The number of hydrogen-bond donors (Lipinski definition) is 1. The van der Waals surface area contributed by atoms with Crippen LogP contribution in [0, 0.1) is 19.8 Å². The summed E-state index contributed by atoms with van der Waals surface area (Å²) in [7, 11) is -2.04. The Labute approximate surface area is 190 Å². The number of aryl methyl sites for hydroxylation is 2. The highest BCUT2D eigenvalue weighted by atomic mass is 32.2. The van der Waals surface area contributed by atoms with Crippen molar-refractivity contribution >= 4 is 15.9 Å². The van der Waals surface area contributed by atoms with E-state index in [1.807, 2.05) is 32.0 Å². The molecular formula is C24H32N2O5S. The Bertz CT molecular complexity index is 1030. The number of sulfonamides is 1. The summed E-state index contributed by atoms with van der Waals surface area (Å²) >= 11 is 0. The fourth-order valence-corrected chi connectivity index (χ4v) is 5.15. The van der Waals surface area contributed by atoms with Crippen LogP contribution < -0.4 is 14.8 Å². The minimum Gasteiger partial charge on any atom is -0.497 e. The number of nitrogens with zero attached hydrogens (tertiary/aromatic N) is 1. The van der Waals surface area contributed by atoms with Crippen LogP contribution in [0.15, 0.2) is 47.4 Å². The first-order chi connectivity index (χ1) is 15.2. The Balaban J connectivity index is 1.48. The molecule has 0 spiro atoms. The van der Waals surface area contributed by atoms with Gasteiger partial charge < -0.3 is 14.8 Å². The lowest BCUT2D eigenvalue weighted by Gasteiger charge is -2.31. The van der Waals surface area contributed by atoms with Crippen LogP contribution in [0.2, 0.25) is 0 Å². The number of methoxy groups -OCH3 is 1. The van der Waals surface area contributed by atoms with Crippen molar-refractivity contribution < 1.29 is 22.7 Å². The third kappa shape index (κ3) is 5.81. The van der Waals surface area contributed by atoms with Crippen molar-refractivity contribution in [3.63, 3.8) is 0 Å². The Morgan fingerprint density at radius 3 is 2.28 bits per heavy atom. The van der Waals surface area contributed by atoms with Crippen LogP contribution in [0.4, 0.5) is 0 Å². The third-order valence-electron chi connectivity index (χ3n) is 5.89. The van der Waals surface area contributed by atoms with Gasteiger partial charge >= 0.3 is 0 Å². The Kier molecular flexibility index (Phi) is 7.79. The summed E-state index contributed by atoms with van der Waals surface area (Å²) in [5, 5.41) is 3.00. The quantitative estimate of drug-likeness (QED) is 0.653. The van der Waals surface area contributed by atoms with E-state index in [2.05, 4.69) is 12.2 Å². The van der Waals surface area contributed by atoms with Crippen LogP contribution in [0.1, 0.15) is 30.9 Å². The number of nitrogens with one attached hydrogen (secondary N) is 1. The summed E-state index contributed by atoms with van der Waals surface area (Å²) in [6, 6.07) is 12.1. The molecular weight excluding hydrogens is 428 g/mol. The van der Waals surface area contributed by atoms with E-state index in [1.165, 1.54) is 17.0 Å². The first-order valence-corrected chi connectivity index (χ1v) is 12.3. The molecule has 1 amide bonds. The molecule has 1 N–H and O–H groups in total. The Hall–Kier alpha value is -2.58. The van der Waals surface area contributed by atoms with Crippen molar-refractivity contribution in [2.45, 2.75) is 44.6 Å². The smallest absolute Gasteiger partial charge is 0.243 e. The van der Waals surface area contributed by atoms with Gasteiger partial charge in [0.1, 0.15) is 18.1 Å². The predicted molar refractivity (Wildman–Crippen MR) is 123 cm³/mol. The minimum absolute atomic E-state index is 0.0531. The highest BCUT2D eigenvalue weighted by Gasteiger charge is 2.32. The van der Waals surface area contributed by atoms with Crippen molar-refractivity contribution in [3.05, 3.63) is 53.6 Å². The molecule has 1 fully saturated rings. The molecule has 3 rings (SSSR count). The van der Waals surface area contributed by atoms with E-state index in [0.717, 1.165) is 11.3 Å². The number of carbonyl (C=O) groups excluding carboxylic acids is 1. The van der Waals surface area contributed by atoms with Gasteiger partial charge in [0, 0.05) is 19.0 Å². The third-order valence-corrected chi connectivity index (χ3v) is 7.80. The van der Waals surface area contributed by atoms with Gasteiger partial charge in [0.25, 0.3) is 0 Å². The normalized spacial score (nSPS) is 16.4. The first-order valence-electron chi connectivity index (χ1n) is 10.9. The van der Waals surface area contributed by atoms with Crippen LogP contribution in [0.3, 0.4) is 0 Å². The van der Waals surface area contributed by atoms with Gasteiger partial charge in [-0.05, 0) is 81.1 Å². The van der Waals surface area contributed by atoms with Crippen LogP contribution in [0.5, 0.6) is 11.5 Å². The second kappa shape index (κ2) is 10.4. The Morgan fingerprint density at radius 1 is 1.06 bits per heavy atom. The second-order valence-corrected chi connectivity index (χ2v) is 10.3. The molecule has 0 saturated carbocycles. The lowest BCUT2D eigenvalue weighted by Crippen LogP contribution is -2.45. The number of hydrogen-bond acceptors (Lipinski definition) is 5. The number of piperidine rings is 1. The summed E-state index contributed by atoms with van der Waals surface area (Å²) in [6.45, 7) is 7.01. The van der Waals surface area contributed by atoms with E-state index in [1.54, 1.807) is 24.3 Å². The molecule has 0 aliphatic carbocycles. The Morgan fingerprint density at radius 2 is 1.69 bits per heavy atom. The molecule has 32 heavy (non-hydrogen) atoms. The lowest BCUT2D eigenvalue weighted by atomic mass is 9.97. The average molecular weight is 461 g/mol. The average Bonchev–Trinajstić information content (AvgIpc) is 2.80. The van der Waals surface area contributed by atoms with E-state index in [-0.39, 0.29) is 22.8 Å². The van der Waals surface area contributed by atoms with E-state index in [9.17, 15) is 13.2 Å². The SMILES string of the molecule is COc1ccc(S(=O)(=O)N2CCC(C(=O)NC(C)COc3ccc(C)c(C)c3)CC2)cc1. The van der Waals surface area contributed by atoms with Crippen molar-refractivity contribution in [2.75, 3.05) is 26.8 Å². The van der Waals surface area contributed by atoms with Gasteiger partial charge in [-0.15, -0.1) is 0 Å². The summed E-state index contributed by atoms with van der Waals surface area (Å²) in [6.07, 6.45) is 0.984. The van der Waals surface area contributed by atoms with Crippen molar-refractivity contribution in [2.24, 2.45) is 5.92 Å². The number of amides is 1.